The van der Waals surface area contributed by atoms with Crippen molar-refractivity contribution in [3.05, 3.63) is 34.3 Å². The molecule has 1 aromatic rings. The first-order chi connectivity index (χ1) is 8.86. The van der Waals surface area contributed by atoms with E-state index in [0.29, 0.717) is 11.8 Å². The second-order valence-corrected chi connectivity index (χ2v) is 7.12. The van der Waals surface area contributed by atoms with Crippen LogP contribution in [0.1, 0.15) is 33.3 Å². The van der Waals surface area contributed by atoms with Gasteiger partial charge in [-0.1, -0.05) is 55.8 Å². The summed E-state index contributed by atoms with van der Waals surface area (Å²) in [5.74, 6) is 0.842. The Morgan fingerprint density at radius 1 is 1.21 bits per heavy atom. The van der Waals surface area contributed by atoms with Crippen LogP contribution < -0.4 is 5.32 Å². The SMILES string of the molecule is CC(C)C(CO)CNCC(C)(C)c1ccc(Br)cc1. The molecule has 0 aliphatic rings. The number of rotatable bonds is 7. The third kappa shape index (κ3) is 5.25. The molecule has 0 fully saturated rings. The van der Waals surface area contributed by atoms with Crippen LogP contribution in [0, 0.1) is 11.8 Å². The summed E-state index contributed by atoms with van der Waals surface area (Å²) in [7, 11) is 0. The molecule has 19 heavy (non-hydrogen) atoms. The molecule has 108 valence electrons. The maximum absolute atomic E-state index is 9.33. The van der Waals surface area contributed by atoms with Gasteiger partial charge >= 0.3 is 0 Å². The maximum Gasteiger partial charge on any atom is 0.0473 e. The van der Waals surface area contributed by atoms with Crippen molar-refractivity contribution in [3.63, 3.8) is 0 Å². The van der Waals surface area contributed by atoms with Gasteiger partial charge in [0.1, 0.15) is 0 Å². The minimum Gasteiger partial charge on any atom is -0.396 e. The molecule has 0 saturated carbocycles. The van der Waals surface area contributed by atoms with Crippen molar-refractivity contribution in [2.24, 2.45) is 11.8 Å². The summed E-state index contributed by atoms with van der Waals surface area (Å²) < 4.78 is 1.11. The van der Waals surface area contributed by atoms with Crippen molar-refractivity contribution < 1.29 is 5.11 Å². The van der Waals surface area contributed by atoms with Crippen LogP contribution >= 0.6 is 15.9 Å². The molecule has 1 unspecified atom stereocenters. The van der Waals surface area contributed by atoms with E-state index in [-0.39, 0.29) is 12.0 Å². The molecule has 1 atom stereocenters. The fraction of sp³-hybridized carbons (Fsp3) is 0.625. The van der Waals surface area contributed by atoms with E-state index < -0.39 is 0 Å². The summed E-state index contributed by atoms with van der Waals surface area (Å²) in [4.78, 5) is 0. The van der Waals surface area contributed by atoms with Gasteiger partial charge < -0.3 is 10.4 Å². The van der Waals surface area contributed by atoms with E-state index in [1.807, 2.05) is 0 Å². The summed E-state index contributed by atoms with van der Waals surface area (Å²) >= 11 is 3.47. The third-order valence-electron chi connectivity index (χ3n) is 3.78. The number of halogens is 1. The topological polar surface area (TPSA) is 32.3 Å². The van der Waals surface area contributed by atoms with Gasteiger partial charge in [-0.3, -0.25) is 0 Å². The Balaban J connectivity index is 2.53. The molecule has 0 aromatic heterocycles. The third-order valence-corrected chi connectivity index (χ3v) is 4.31. The van der Waals surface area contributed by atoms with Crippen LogP contribution in [-0.4, -0.2) is 24.8 Å². The Morgan fingerprint density at radius 2 is 1.79 bits per heavy atom. The van der Waals surface area contributed by atoms with E-state index in [2.05, 4.69) is 73.2 Å². The second-order valence-electron chi connectivity index (χ2n) is 6.21. The Bertz CT molecular complexity index is 373. The molecule has 2 N–H and O–H groups in total. The lowest BCUT2D eigenvalue weighted by Crippen LogP contribution is -2.37. The van der Waals surface area contributed by atoms with Gasteiger partial charge in [-0.25, -0.2) is 0 Å². The molecule has 0 amide bonds. The highest BCUT2D eigenvalue weighted by Crippen LogP contribution is 2.24. The molecule has 1 rings (SSSR count). The Labute approximate surface area is 125 Å². The van der Waals surface area contributed by atoms with Crippen LogP contribution in [0.5, 0.6) is 0 Å². The molecular formula is C16H26BrNO. The van der Waals surface area contributed by atoms with Crippen LogP contribution in [0.2, 0.25) is 0 Å². The van der Waals surface area contributed by atoms with Gasteiger partial charge in [0.25, 0.3) is 0 Å². The Kier molecular flexibility index (Phi) is 6.51. The van der Waals surface area contributed by atoms with E-state index in [1.54, 1.807) is 0 Å². The molecular weight excluding hydrogens is 302 g/mol. The zero-order valence-electron chi connectivity index (χ0n) is 12.4. The van der Waals surface area contributed by atoms with Gasteiger partial charge in [-0.2, -0.15) is 0 Å². The predicted octanol–water partition coefficient (Wildman–Crippen LogP) is 3.58. The highest BCUT2D eigenvalue weighted by molar-refractivity contribution is 9.10. The van der Waals surface area contributed by atoms with Crippen LogP contribution in [0.25, 0.3) is 0 Å². The minimum absolute atomic E-state index is 0.0949. The summed E-state index contributed by atoms with van der Waals surface area (Å²) in [6, 6.07) is 8.50. The zero-order chi connectivity index (χ0) is 14.5. The summed E-state index contributed by atoms with van der Waals surface area (Å²) in [5, 5.41) is 12.8. The van der Waals surface area contributed by atoms with Crippen molar-refractivity contribution >= 4 is 15.9 Å². The first-order valence-electron chi connectivity index (χ1n) is 6.94. The standard InChI is InChI=1S/C16H26BrNO/c1-12(2)13(10-19)9-18-11-16(3,4)14-5-7-15(17)8-6-14/h5-8,12-13,18-19H,9-11H2,1-4H3. The average molecular weight is 328 g/mol. The lowest BCUT2D eigenvalue weighted by molar-refractivity contribution is 0.184. The molecule has 0 spiro atoms. The van der Waals surface area contributed by atoms with Crippen LogP contribution in [0.3, 0.4) is 0 Å². The summed E-state index contributed by atoms with van der Waals surface area (Å²) in [6.07, 6.45) is 0. The average Bonchev–Trinajstić information content (AvgIpc) is 2.34. The van der Waals surface area contributed by atoms with Crippen LogP contribution in [-0.2, 0) is 5.41 Å². The predicted molar refractivity (Wildman–Crippen MR) is 85.5 cm³/mol. The van der Waals surface area contributed by atoms with Gasteiger partial charge in [0, 0.05) is 29.6 Å². The van der Waals surface area contributed by atoms with E-state index in [1.165, 1.54) is 5.56 Å². The molecule has 0 aliphatic heterocycles. The van der Waals surface area contributed by atoms with Gasteiger partial charge in [-0.05, 0) is 29.5 Å². The molecule has 2 nitrogen and oxygen atoms in total. The number of aliphatic hydroxyl groups excluding tert-OH is 1. The first-order valence-corrected chi connectivity index (χ1v) is 7.73. The number of aliphatic hydroxyl groups is 1. The van der Waals surface area contributed by atoms with Crippen LogP contribution in [0.4, 0.5) is 0 Å². The Morgan fingerprint density at radius 3 is 2.26 bits per heavy atom. The molecule has 0 radical (unpaired) electrons. The van der Waals surface area contributed by atoms with Crippen molar-refractivity contribution in [2.75, 3.05) is 19.7 Å². The zero-order valence-corrected chi connectivity index (χ0v) is 14.0. The minimum atomic E-state index is 0.0949. The number of benzene rings is 1. The second kappa shape index (κ2) is 7.41. The molecule has 0 heterocycles. The van der Waals surface area contributed by atoms with E-state index in [9.17, 15) is 5.11 Å². The summed E-state index contributed by atoms with van der Waals surface area (Å²) in [5.41, 5.74) is 1.42. The number of hydrogen-bond acceptors (Lipinski definition) is 2. The fourth-order valence-corrected chi connectivity index (χ4v) is 2.35. The molecule has 0 bridgehead atoms. The van der Waals surface area contributed by atoms with Crippen molar-refractivity contribution in [1.82, 2.24) is 5.32 Å². The lowest BCUT2D eigenvalue weighted by Gasteiger charge is -2.28. The summed E-state index contributed by atoms with van der Waals surface area (Å²) in [6.45, 7) is 10.8. The highest BCUT2D eigenvalue weighted by atomic mass is 79.9. The number of nitrogens with one attached hydrogen (secondary N) is 1. The lowest BCUT2D eigenvalue weighted by atomic mass is 9.84. The smallest absolute Gasteiger partial charge is 0.0473 e. The first kappa shape index (κ1) is 16.7. The molecule has 3 heteroatoms. The molecule has 0 aliphatic carbocycles. The quantitative estimate of drug-likeness (QED) is 0.802. The van der Waals surface area contributed by atoms with E-state index in [0.717, 1.165) is 17.6 Å². The van der Waals surface area contributed by atoms with E-state index >= 15 is 0 Å². The van der Waals surface area contributed by atoms with Gasteiger partial charge in [-0.15, -0.1) is 0 Å². The van der Waals surface area contributed by atoms with Gasteiger partial charge in [0.2, 0.25) is 0 Å². The van der Waals surface area contributed by atoms with Crippen molar-refractivity contribution in [2.45, 2.75) is 33.1 Å². The van der Waals surface area contributed by atoms with Gasteiger partial charge in [0.15, 0.2) is 0 Å². The van der Waals surface area contributed by atoms with E-state index in [4.69, 9.17) is 0 Å². The number of hydrogen-bond donors (Lipinski definition) is 2. The monoisotopic (exact) mass is 327 g/mol. The maximum atomic E-state index is 9.33. The highest BCUT2D eigenvalue weighted by Gasteiger charge is 2.21. The molecule has 0 saturated heterocycles. The van der Waals surface area contributed by atoms with Crippen molar-refractivity contribution in [3.8, 4) is 0 Å². The van der Waals surface area contributed by atoms with Crippen molar-refractivity contribution in [1.29, 1.82) is 0 Å². The van der Waals surface area contributed by atoms with Gasteiger partial charge in [0.05, 0.1) is 0 Å². The Hall–Kier alpha value is -0.380. The fourth-order valence-electron chi connectivity index (χ4n) is 2.08. The molecule has 1 aromatic carbocycles. The largest absolute Gasteiger partial charge is 0.396 e. The normalized spacial score (nSPS) is 13.8. The van der Waals surface area contributed by atoms with Crippen LogP contribution in [0.15, 0.2) is 28.7 Å².